The minimum absolute atomic E-state index is 0.00646. The van der Waals surface area contributed by atoms with E-state index in [2.05, 4.69) is 0 Å². The molecule has 1 aliphatic rings. The van der Waals surface area contributed by atoms with Gasteiger partial charge in [0.25, 0.3) is 0 Å². The van der Waals surface area contributed by atoms with Gasteiger partial charge < -0.3 is 14.5 Å². The van der Waals surface area contributed by atoms with E-state index in [1.807, 2.05) is 53.4 Å². The Morgan fingerprint density at radius 2 is 1.87 bits per heavy atom. The Balaban J connectivity index is 1.40. The van der Waals surface area contributed by atoms with Gasteiger partial charge in [0, 0.05) is 37.2 Å². The van der Waals surface area contributed by atoms with Gasteiger partial charge in [0.05, 0.1) is 6.54 Å². The highest BCUT2D eigenvalue weighted by atomic mass is 35.5. The summed E-state index contributed by atoms with van der Waals surface area (Å²) in [5.74, 6) is 0.742. The van der Waals surface area contributed by atoms with Crippen molar-refractivity contribution < 1.29 is 14.3 Å². The maximum absolute atomic E-state index is 12.7. The average Bonchev–Trinajstić information content (AvgIpc) is 2.78. The van der Waals surface area contributed by atoms with Crippen molar-refractivity contribution in [3.05, 3.63) is 71.3 Å². The van der Waals surface area contributed by atoms with Crippen LogP contribution < -0.4 is 4.74 Å². The first kappa shape index (κ1) is 21.9. The predicted octanol–water partition coefficient (Wildman–Crippen LogP) is 4.13. The number of carbonyl (C=O) groups excluding carboxylic acids is 2. The number of amides is 2. The molecular formula is C24H27ClN2O3. The number of nitrogens with zero attached hydrogens (tertiary/aromatic N) is 2. The van der Waals surface area contributed by atoms with Crippen molar-refractivity contribution in [2.24, 2.45) is 5.92 Å². The van der Waals surface area contributed by atoms with E-state index in [1.165, 1.54) is 0 Å². The molecule has 0 aromatic heterocycles. The van der Waals surface area contributed by atoms with E-state index < -0.39 is 0 Å². The number of hydrogen-bond donors (Lipinski definition) is 0. The third-order valence-corrected chi connectivity index (χ3v) is 5.48. The number of halogens is 1. The Hall–Kier alpha value is -2.79. The summed E-state index contributed by atoms with van der Waals surface area (Å²) in [5.41, 5.74) is 0.998. The molecule has 1 aliphatic heterocycles. The van der Waals surface area contributed by atoms with Crippen molar-refractivity contribution in [1.82, 2.24) is 9.80 Å². The Labute approximate surface area is 182 Å². The third-order valence-electron chi connectivity index (χ3n) is 5.24. The average molecular weight is 427 g/mol. The fourth-order valence-corrected chi connectivity index (χ4v) is 3.64. The molecule has 1 saturated heterocycles. The van der Waals surface area contributed by atoms with Gasteiger partial charge in [-0.1, -0.05) is 48.0 Å². The molecule has 0 unspecified atom stereocenters. The van der Waals surface area contributed by atoms with Gasteiger partial charge >= 0.3 is 0 Å². The summed E-state index contributed by atoms with van der Waals surface area (Å²) in [6, 6.07) is 17.0. The molecule has 5 nitrogen and oxygen atoms in total. The first-order valence-corrected chi connectivity index (χ1v) is 10.6. The summed E-state index contributed by atoms with van der Waals surface area (Å²) >= 11 is 5.95. The predicted molar refractivity (Wildman–Crippen MR) is 119 cm³/mol. The molecule has 158 valence electrons. The first-order valence-electron chi connectivity index (χ1n) is 10.2. The van der Waals surface area contributed by atoms with Crippen LogP contribution in [0, 0.1) is 5.92 Å². The molecule has 6 heteroatoms. The van der Waals surface area contributed by atoms with E-state index in [-0.39, 0.29) is 17.7 Å². The zero-order chi connectivity index (χ0) is 21.3. The molecule has 0 aliphatic carbocycles. The van der Waals surface area contributed by atoms with Crippen LogP contribution in [0.2, 0.25) is 5.02 Å². The van der Waals surface area contributed by atoms with Gasteiger partial charge in [-0.2, -0.15) is 0 Å². The highest BCUT2D eigenvalue weighted by molar-refractivity contribution is 6.30. The number of rotatable bonds is 7. The van der Waals surface area contributed by atoms with Crippen LogP contribution >= 0.6 is 11.6 Å². The van der Waals surface area contributed by atoms with E-state index >= 15 is 0 Å². The summed E-state index contributed by atoms with van der Waals surface area (Å²) in [5, 5.41) is 0.622. The van der Waals surface area contributed by atoms with Crippen LogP contribution in [0.4, 0.5) is 0 Å². The Morgan fingerprint density at radius 3 is 2.57 bits per heavy atom. The highest BCUT2D eigenvalue weighted by Crippen LogP contribution is 2.20. The number of piperidine rings is 1. The van der Waals surface area contributed by atoms with Gasteiger partial charge in [0.15, 0.2) is 0 Å². The lowest BCUT2D eigenvalue weighted by Gasteiger charge is -2.32. The molecule has 0 radical (unpaired) electrons. The van der Waals surface area contributed by atoms with Crippen LogP contribution in [0.1, 0.15) is 18.4 Å². The summed E-state index contributed by atoms with van der Waals surface area (Å²) < 4.78 is 5.67. The lowest BCUT2D eigenvalue weighted by atomic mass is 9.95. The van der Waals surface area contributed by atoms with E-state index in [0.717, 1.165) is 5.56 Å². The summed E-state index contributed by atoms with van der Waals surface area (Å²) in [7, 11) is 1.80. The lowest BCUT2D eigenvalue weighted by molar-refractivity contribution is -0.138. The van der Waals surface area contributed by atoms with Gasteiger partial charge in [0.2, 0.25) is 11.8 Å². The number of ether oxygens (including phenoxy) is 1. The van der Waals surface area contributed by atoms with Crippen LogP contribution in [0.3, 0.4) is 0 Å². The summed E-state index contributed by atoms with van der Waals surface area (Å²) in [6.07, 6.45) is 4.80. The Morgan fingerprint density at radius 1 is 1.13 bits per heavy atom. The molecule has 2 amide bonds. The largest absolute Gasteiger partial charge is 0.492 e. The summed E-state index contributed by atoms with van der Waals surface area (Å²) in [6.45, 7) is 2.11. The number of carbonyl (C=O) groups is 2. The first-order chi connectivity index (χ1) is 14.5. The van der Waals surface area contributed by atoms with Crippen LogP contribution in [-0.2, 0) is 9.59 Å². The van der Waals surface area contributed by atoms with Crippen molar-refractivity contribution >= 4 is 29.5 Å². The molecule has 0 saturated carbocycles. The van der Waals surface area contributed by atoms with Crippen molar-refractivity contribution in [3.8, 4) is 5.75 Å². The van der Waals surface area contributed by atoms with Crippen molar-refractivity contribution in [2.45, 2.75) is 12.8 Å². The van der Waals surface area contributed by atoms with Crippen molar-refractivity contribution in [2.75, 3.05) is 33.3 Å². The number of benzene rings is 2. The van der Waals surface area contributed by atoms with Crippen molar-refractivity contribution in [3.63, 3.8) is 0 Å². The van der Waals surface area contributed by atoms with Gasteiger partial charge in [0.1, 0.15) is 12.4 Å². The standard InChI is InChI=1S/C24H27ClN2O3/c1-26(16-17-30-22-9-5-8-21(25)18-22)24(29)20-12-14-27(15-13-20)23(28)11-10-19-6-3-2-4-7-19/h2-11,18,20H,12-17H2,1H3/b11-10+. The molecule has 2 aromatic carbocycles. The number of likely N-dealkylation sites (N-methyl/N-ethyl adjacent to an activating group) is 1. The SMILES string of the molecule is CN(CCOc1cccc(Cl)c1)C(=O)C1CCN(C(=O)/C=C/c2ccccc2)CC1. The number of likely N-dealkylation sites (tertiary alicyclic amines) is 1. The maximum atomic E-state index is 12.7. The molecular weight excluding hydrogens is 400 g/mol. The number of hydrogen-bond acceptors (Lipinski definition) is 3. The van der Waals surface area contributed by atoms with Gasteiger partial charge in [-0.25, -0.2) is 0 Å². The smallest absolute Gasteiger partial charge is 0.246 e. The van der Waals surface area contributed by atoms with Crippen LogP contribution in [-0.4, -0.2) is 54.9 Å². The molecule has 3 rings (SSSR count). The zero-order valence-corrected chi connectivity index (χ0v) is 17.9. The van der Waals surface area contributed by atoms with Gasteiger partial charge in [-0.3, -0.25) is 9.59 Å². The lowest BCUT2D eigenvalue weighted by Crippen LogP contribution is -2.43. The van der Waals surface area contributed by atoms with E-state index in [1.54, 1.807) is 30.2 Å². The van der Waals surface area contributed by atoms with Crippen LogP contribution in [0.5, 0.6) is 5.75 Å². The monoisotopic (exact) mass is 426 g/mol. The second-order valence-corrected chi connectivity index (χ2v) is 7.85. The minimum Gasteiger partial charge on any atom is -0.492 e. The summed E-state index contributed by atoms with van der Waals surface area (Å²) in [4.78, 5) is 28.6. The normalized spacial score (nSPS) is 14.7. The highest BCUT2D eigenvalue weighted by Gasteiger charge is 2.28. The second-order valence-electron chi connectivity index (χ2n) is 7.41. The fourth-order valence-electron chi connectivity index (χ4n) is 3.46. The molecule has 1 heterocycles. The van der Waals surface area contributed by atoms with Crippen LogP contribution in [0.25, 0.3) is 6.08 Å². The topological polar surface area (TPSA) is 49.9 Å². The quantitative estimate of drug-likeness (QED) is 0.625. The second kappa shape index (κ2) is 10.8. The van der Waals surface area contributed by atoms with Crippen molar-refractivity contribution in [1.29, 1.82) is 0 Å². The molecule has 2 aromatic rings. The Kier molecular flexibility index (Phi) is 7.91. The molecule has 30 heavy (non-hydrogen) atoms. The molecule has 1 fully saturated rings. The Bertz CT molecular complexity index is 877. The molecule has 0 atom stereocenters. The van der Waals surface area contributed by atoms with E-state index in [0.29, 0.717) is 49.9 Å². The van der Waals surface area contributed by atoms with Crippen LogP contribution in [0.15, 0.2) is 60.7 Å². The third kappa shape index (κ3) is 6.36. The fraction of sp³-hybridized carbons (Fsp3) is 0.333. The molecule has 0 spiro atoms. The van der Waals surface area contributed by atoms with Gasteiger partial charge in [-0.05, 0) is 42.7 Å². The minimum atomic E-state index is -0.0525. The van der Waals surface area contributed by atoms with E-state index in [4.69, 9.17) is 16.3 Å². The van der Waals surface area contributed by atoms with Gasteiger partial charge in [-0.15, -0.1) is 0 Å². The molecule has 0 bridgehead atoms. The van der Waals surface area contributed by atoms with E-state index in [9.17, 15) is 9.59 Å². The molecule has 0 N–H and O–H groups in total. The maximum Gasteiger partial charge on any atom is 0.246 e. The zero-order valence-electron chi connectivity index (χ0n) is 17.2.